The lowest BCUT2D eigenvalue weighted by Gasteiger charge is -2.04. The van der Waals surface area contributed by atoms with E-state index in [2.05, 4.69) is 20.2 Å². The van der Waals surface area contributed by atoms with Crippen LogP contribution in [0.25, 0.3) is 0 Å². The maximum absolute atomic E-state index is 12.0. The summed E-state index contributed by atoms with van der Waals surface area (Å²) in [4.78, 5) is 28.4. The summed E-state index contributed by atoms with van der Waals surface area (Å²) in [5.41, 5.74) is 1.02. The van der Waals surface area contributed by atoms with E-state index in [1.165, 1.54) is 0 Å². The minimum absolute atomic E-state index is 0.109. The van der Waals surface area contributed by atoms with Gasteiger partial charge in [0.15, 0.2) is 5.69 Å². The Balaban J connectivity index is 2.00. The SMILES string of the molecule is O=c1[nH]c(Cc2ccccc2)c(N=Nc2ccccc2)c(=O)[nH]1. The van der Waals surface area contributed by atoms with E-state index in [0.717, 1.165) is 5.56 Å². The Bertz CT molecular complexity index is 928. The number of hydrogen-bond donors (Lipinski definition) is 2. The highest BCUT2D eigenvalue weighted by molar-refractivity contribution is 5.43. The number of aromatic amines is 2. The van der Waals surface area contributed by atoms with Crippen LogP contribution in [0.3, 0.4) is 0 Å². The van der Waals surface area contributed by atoms with E-state index in [9.17, 15) is 9.59 Å². The van der Waals surface area contributed by atoms with Crippen LogP contribution in [0.2, 0.25) is 0 Å². The fourth-order valence-corrected chi connectivity index (χ4v) is 2.16. The van der Waals surface area contributed by atoms with Crippen LogP contribution < -0.4 is 11.2 Å². The average molecular weight is 306 g/mol. The molecule has 0 saturated heterocycles. The fraction of sp³-hybridized carbons (Fsp3) is 0.0588. The zero-order chi connectivity index (χ0) is 16.1. The number of aromatic nitrogens is 2. The summed E-state index contributed by atoms with van der Waals surface area (Å²) >= 11 is 0. The summed E-state index contributed by atoms with van der Waals surface area (Å²) in [5.74, 6) is 0. The predicted molar refractivity (Wildman–Crippen MR) is 87.5 cm³/mol. The van der Waals surface area contributed by atoms with E-state index in [0.29, 0.717) is 17.8 Å². The second-order valence-corrected chi connectivity index (χ2v) is 4.93. The molecule has 2 N–H and O–H groups in total. The number of rotatable bonds is 4. The van der Waals surface area contributed by atoms with Gasteiger partial charge in [-0.3, -0.25) is 9.78 Å². The topological polar surface area (TPSA) is 90.4 Å². The van der Waals surface area contributed by atoms with Gasteiger partial charge in [-0.1, -0.05) is 48.5 Å². The first-order valence-corrected chi connectivity index (χ1v) is 7.08. The molecule has 23 heavy (non-hydrogen) atoms. The average Bonchev–Trinajstić information content (AvgIpc) is 2.56. The zero-order valence-corrected chi connectivity index (χ0v) is 12.2. The van der Waals surface area contributed by atoms with Crippen molar-refractivity contribution < 1.29 is 0 Å². The first-order chi connectivity index (χ1) is 11.2. The molecule has 0 unspecified atom stereocenters. The van der Waals surface area contributed by atoms with Crippen LogP contribution in [-0.2, 0) is 6.42 Å². The number of benzene rings is 2. The number of azo groups is 1. The van der Waals surface area contributed by atoms with Crippen LogP contribution in [0.4, 0.5) is 11.4 Å². The molecule has 6 heteroatoms. The van der Waals surface area contributed by atoms with Crippen LogP contribution >= 0.6 is 0 Å². The number of nitrogens with one attached hydrogen (secondary N) is 2. The summed E-state index contributed by atoms with van der Waals surface area (Å²) in [6.45, 7) is 0. The Morgan fingerprint density at radius 1 is 0.783 bits per heavy atom. The third-order valence-electron chi connectivity index (χ3n) is 3.24. The van der Waals surface area contributed by atoms with Crippen LogP contribution in [0.5, 0.6) is 0 Å². The Kier molecular flexibility index (Phi) is 4.24. The summed E-state index contributed by atoms with van der Waals surface area (Å²) in [6.07, 6.45) is 0.392. The van der Waals surface area contributed by atoms with Crippen molar-refractivity contribution in [2.24, 2.45) is 10.2 Å². The van der Waals surface area contributed by atoms with Crippen molar-refractivity contribution in [3.63, 3.8) is 0 Å². The van der Waals surface area contributed by atoms with E-state index in [1.807, 2.05) is 48.5 Å². The van der Waals surface area contributed by atoms with Gasteiger partial charge in [-0.25, -0.2) is 4.79 Å². The first kappa shape index (κ1) is 14.6. The minimum Gasteiger partial charge on any atom is -0.309 e. The molecule has 0 radical (unpaired) electrons. The van der Waals surface area contributed by atoms with Crippen molar-refractivity contribution in [2.75, 3.05) is 0 Å². The van der Waals surface area contributed by atoms with E-state index in [-0.39, 0.29) is 5.69 Å². The third kappa shape index (κ3) is 3.68. The molecular weight excluding hydrogens is 292 g/mol. The molecule has 0 spiro atoms. The van der Waals surface area contributed by atoms with Crippen molar-refractivity contribution >= 4 is 11.4 Å². The highest BCUT2D eigenvalue weighted by Crippen LogP contribution is 2.18. The molecule has 0 aliphatic heterocycles. The van der Waals surface area contributed by atoms with E-state index >= 15 is 0 Å². The van der Waals surface area contributed by atoms with E-state index in [1.54, 1.807) is 12.1 Å². The Hall–Kier alpha value is -3.28. The molecule has 0 bridgehead atoms. The summed E-state index contributed by atoms with van der Waals surface area (Å²) in [6, 6.07) is 18.6. The van der Waals surface area contributed by atoms with Crippen LogP contribution in [0.15, 0.2) is 80.5 Å². The lowest BCUT2D eigenvalue weighted by atomic mass is 10.1. The standard InChI is InChI=1S/C17H14N4O2/c22-16-15(21-20-13-9-5-2-6-10-13)14(18-17(23)19-16)11-12-7-3-1-4-8-12/h1-10H,11H2,(H2,18,19,22,23). The predicted octanol–water partition coefficient (Wildman–Crippen LogP) is 3.07. The highest BCUT2D eigenvalue weighted by atomic mass is 16.2. The van der Waals surface area contributed by atoms with Crippen molar-refractivity contribution in [3.8, 4) is 0 Å². The Labute approximate surface area is 131 Å². The summed E-state index contributed by atoms with van der Waals surface area (Å²) in [5, 5.41) is 8.08. The molecule has 1 aromatic heterocycles. The molecule has 1 heterocycles. The van der Waals surface area contributed by atoms with Gasteiger partial charge in [0.25, 0.3) is 5.56 Å². The monoisotopic (exact) mass is 306 g/mol. The van der Waals surface area contributed by atoms with Gasteiger partial charge in [-0.2, -0.15) is 5.11 Å². The number of hydrogen-bond acceptors (Lipinski definition) is 4. The van der Waals surface area contributed by atoms with Crippen molar-refractivity contribution in [3.05, 3.63) is 92.8 Å². The van der Waals surface area contributed by atoms with Crippen LogP contribution in [0, 0.1) is 0 Å². The van der Waals surface area contributed by atoms with Gasteiger partial charge in [-0.15, -0.1) is 5.11 Å². The maximum atomic E-state index is 12.0. The minimum atomic E-state index is -0.556. The molecular formula is C17H14N4O2. The molecule has 3 rings (SSSR count). The summed E-state index contributed by atoms with van der Waals surface area (Å²) in [7, 11) is 0. The van der Waals surface area contributed by atoms with Gasteiger partial charge in [0, 0.05) is 6.42 Å². The third-order valence-corrected chi connectivity index (χ3v) is 3.24. The molecule has 0 aliphatic carbocycles. The number of nitrogens with zero attached hydrogens (tertiary/aromatic N) is 2. The van der Waals surface area contributed by atoms with Crippen molar-refractivity contribution in [2.45, 2.75) is 6.42 Å². The van der Waals surface area contributed by atoms with Gasteiger partial charge in [-0.05, 0) is 17.7 Å². The summed E-state index contributed by atoms with van der Waals surface area (Å²) < 4.78 is 0. The first-order valence-electron chi connectivity index (χ1n) is 7.08. The largest absolute Gasteiger partial charge is 0.326 e. The van der Waals surface area contributed by atoms with E-state index in [4.69, 9.17) is 0 Å². The molecule has 0 aliphatic rings. The lowest BCUT2D eigenvalue weighted by Crippen LogP contribution is -2.24. The van der Waals surface area contributed by atoms with Crippen molar-refractivity contribution in [1.82, 2.24) is 9.97 Å². The number of H-pyrrole nitrogens is 2. The highest BCUT2D eigenvalue weighted by Gasteiger charge is 2.09. The normalized spacial score (nSPS) is 11.0. The van der Waals surface area contributed by atoms with Gasteiger partial charge < -0.3 is 4.98 Å². The molecule has 2 aromatic carbocycles. The second kappa shape index (κ2) is 6.65. The van der Waals surface area contributed by atoms with Crippen molar-refractivity contribution in [1.29, 1.82) is 0 Å². The fourth-order valence-electron chi connectivity index (χ4n) is 2.16. The second-order valence-electron chi connectivity index (χ2n) is 4.93. The zero-order valence-electron chi connectivity index (χ0n) is 12.2. The van der Waals surface area contributed by atoms with Crippen LogP contribution in [0.1, 0.15) is 11.3 Å². The Morgan fingerprint density at radius 3 is 2.13 bits per heavy atom. The van der Waals surface area contributed by atoms with Gasteiger partial charge in [0.05, 0.1) is 11.4 Å². The quantitative estimate of drug-likeness (QED) is 0.725. The molecule has 6 nitrogen and oxygen atoms in total. The molecule has 0 atom stereocenters. The van der Waals surface area contributed by atoms with E-state index < -0.39 is 11.2 Å². The smallest absolute Gasteiger partial charge is 0.309 e. The molecule has 0 fully saturated rings. The maximum Gasteiger partial charge on any atom is 0.326 e. The molecule has 114 valence electrons. The Morgan fingerprint density at radius 2 is 1.43 bits per heavy atom. The van der Waals surface area contributed by atoms with Gasteiger partial charge >= 0.3 is 5.69 Å². The molecule has 0 saturated carbocycles. The van der Waals surface area contributed by atoms with Gasteiger partial charge in [0.2, 0.25) is 0 Å². The molecule has 3 aromatic rings. The van der Waals surface area contributed by atoms with Crippen LogP contribution in [-0.4, -0.2) is 9.97 Å². The lowest BCUT2D eigenvalue weighted by molar-refractivity contribution is 0.940. The molecule has 0 amide bonds. The van der Waals surface area contributed by atoms with Gasteiger partial charge in [0.1, 0.15) is 0 Å².